The van der Waals surface area contributed by atoms with E-state index in [2.05, 4.69) is 4.72 Å². The molecule has 0 unspecified atom stereocenters. The number of carbonyl (C=O) groups excluding carboxylic acids is 2. The highest BCUT2D eigenvalue weighted by molar-refractivity contribution is 7.94. The highest BCUT2D eigenvalue weighted by Crippen LogP contribution is 2.24. The predicted molar refractivity (Wildman–Crippen MR) is 111 cm³/mol. The number of likely N-dealkylation sites (tertiary alicyclic amines) is 1. The summed E-state index contributed by atoms with van der Waals surface area (Å²) in [7, 11) is -3.80. The number of thiophene rings is 1. The number of hydrogen-bond acceptors (Lipinski definition) is 6. The van der Waals surface area contributed by atoms with Crippen molar-refractivity contribution in [3.63, 3.8) is 0 Å². The van der Waals surface area contributed by atoms with E-state index >= 15 is 0 Å². The molecule has 0 bridgehead atoms. The molecule has 0 spiro atoms. The standard InChI is InChI=1S/C20H24N2O5S2/c1-2-15-8-5-6-12-22(15)18(23)14-27-20(24)16-9-3-4-10-17(16)21-29(25,26)19-11-7-13-28-19/h3-4,7,9-11,13,15,21H,2,5-6,8,12,14H2,1H3/t15-/m1/s1. The number of ether oxygens (including phenoxy) is 1. The second-order valence-corrected chi connectivity index (χ2v) is 9.66. The van der Waals surface area contributed by atoms with Gasteiger partial charge in [-0.2, -0.15) is 0 Å². The molecular weight excluding hydrogens is 412 g/mol. The van der Waals surface area contributed by atoms with Gasteiger partial charge in [-0.3, -0.25) is 9.52 Å². The Kier molecular flexibility index (Phi) is 6.92. The Labute approximate surface area is 174 Å². The summed E-state index contributed by atoms with van der Waals surface area (Å²) in [6, 6.07) is 9.48. The zero-order valence-corrected chi connectivity index (χ0v) is 17.8. The van der Waals surface area contributed by atoms with E-state index in [-0.39, 0.29) is 34.0 Å². The number of carbonyl (C=O) groups is 2. The van der Waals surface area contributed by atoms with Crippen LogP contribution in [-0.2, 0) is 19.6 Å². The number of amides is 1. The van der Waals surface area contributed by atoms with E-state index in [9.17, 15) is 18.0 Å². The number of rotatable bonds is 7. The molecule has 1 N–H and O–H groups in total. The van der Waals surface area contributed by atoms with Crippen LogP contribution in [0.4, 0.5) is 5.69 Å². The van der Waals surface area contributed by atoms with Gasteiger partial charge in [0.25, 0.3) is 15.9 Å². The molecule has 2 aromatic rings. The highest BCUT2D eigenvalue weighted by Gasteiger charge is 2.26. The number of esters is 1. The molecule has 0 radical (unpaired) electrons. The minimum atomic E-state index is -3.80. The molecule has 3 rings (SSSR count). The molecule has 1 saturated heterocycles. The van der Waals surface area contributed by atoms with Crippen LogP contribution in [0.2, 0.25) is 0 Å². The van der Waals surface area contributed by atoms with E-state index in [0.29, 0.717) is 6.54 Å². The van der Waals surface area contributed by atoms with Gasteiger partial charge in [-0.1, -0.05) is 25.1 Å². The molecule has 1 aliphatic rings. The molecule has 0 aliphatic carbocycles. The zero-order valence-electron chi connectivity index (χ0n) is 16.2. The van der Waals surface area contributed by atoms with Crippen molar-refractivity contribution in [3.8, 4) is 0 Å². The molecule has 0 saturated carbocycles. The normalized spacial score (nSPS) is 17.0. The second-order valence-electron chi connectivity index (χ2n) is 6.80. The summed E-state index contributed by atoms with van der Waals surface area (Å²) in [5, 5.41) is 1.66. The number of sulfonamides is 1. The topological polar surface area (TPSA) is 92.8 Å². The molecule has 9 heteroatoms. The molecule has 1 fully saturated rings. The number of para-hydroxylation sites is 1. The third-order valence-electron chi connectivity index (χ3n) is 4.90. The molecule has 1 amide bonds. The van der Waals surface area contributed by atoms with Crippen LogP contribution >= 0.6 is 11.3 Å². The maximum Gasteiger partial charge on any atom is 0.340 e. The Bertz CT molecular complexity index is 957. The number of anilines is 1. The number of nitrogens with zero attached hydrogens (tertiary/aromatic N) is 1. The fourth-order valence-corrected chi connectivity index (χ4v) is 5.48. The van der Waals surface area contributed by atoms with E-state index in [1.165, 1.54) is 18.2 Å². The maximum atomic E-state index is 12.6. The number of piperidine rings is 1. The first kappa shape index (κ1) is 21.3. The summed E-state index contributed by atoms with van der Waals surface area (Å²) >= 11 is 1.08. The van der Waals surface area contributed by atoms with Crippen LogP contribution in [0.3, 0.4) is 0 Å². The molecule has 29 heavy (non-hydrogen) atoms. The Morgan fingerprint density at radius 2 is 2.00 bits per heavy atom. The third-order valence-corrected chi connectivity index (χ3v) is 7.66. The van der Waals surface area contributed by atoms with Crippen LogP contribution in [0.1, 0.15) is 43.0 Å². The van der Waals surface area contributed by atoms with Crippen LogP contribution < -0.4 is 4.72 Å². The molecule has 1 aliphatic heterocycles. The van der Waals surface area contributed by atoms with Gasteiger partial charge in [-0.05, 0) is 49.3 Å². The van der Waals surface area contributed by atoms with Gasteiger partial charge in [0.1, 0.15) is 4.21 Å². The van der Waals surface area contributed by atoms with E-state index < -0.39 is 16.0 Å². The third kappa shape index (κ3) is 5.16. The van der Waals surface area contributed by atoms with Crippen molar-refractivity contribution in [3.05, 3.63) is 47.3 Å². The van der Waals surface area contributed by atoms with Gasteiger partial charge < -0.3 is 9.64 Å². The van der Waals surface area contributed by atoms with Crippen LogP contribution in [0.25, 0.3) is 0 Å². The second kappa shape index (κ2) is 9.41. The first-order chi connectivity index (χ1) is 13.9. The van der Waals surface area contributed by atoms with Crippen molar-refractivity contribution in [2.45, 2.75) is 42.9 Å². The first-order valence-electron chi connectivity index (χ1n) is 9.54. The fourth-order valence-electron chi connectivity index (χ4n) is 3.40. The minimum Gasteiger partial charge on any atom is -0.452 e. The molecule has 156 valence electrons. The van der Waals surface area contributed by atoms with E-state index in [1.807, 2.05) is 6.92 Å². The lowest BCUT2D eigenvalue weighted by Gasteiger charge is -2.35. The fraction of sp³-hybridized carbons (Fsp3) is 0.400. The smallest absolute Gasteiger partial charge is 0.340 e. The van der Waals surface area contributed by atoms with Gasteiger partial charge in [0.2, 0.25) is 0 Å². The van der Waals surface area contributed by atoms with Crippen molar-refractivity contribution in [1.29, 1.82) is 0 Å². The Morgan fingerprint density at radius 1 is 1.21 bits per heavy atom. The zero-order chi connectivity index (χ0) is 20.9. The van der Waals surface area contributed by atoms with Crippen molar-refractivity contribution >= 4 is 38.9 Å². The summed E-state index contributed by atoms with van der Waals surface area (Å²) < 4.78 is 32.7. The molecule has 1 aromatic heterocycles. The molecular formula is C20H24N2O5S2. The van der Waals surface area contributed by atoms with Gasteiger partial charge in [-0.25, -0.2) is 13.2 Å². The molecule has 2 heterocycles. The van der Waals surface area contributed by atoms with Gasteiger partial charge in [-0.15, -0.1) is 11.3 Å². The predicted octanol–water partition coefficient (Wildman–Crippen LogP) is 3.50. The molecule has 1 aromatic carbocycles. The molecule has 7 nitrogen and oxygen atoms in total. The summed E-state index contributed by atoms with van der Waals surface area (Å²) in [6.45, 7) is 2.35. The van der Waals surface area contributed by atoms with E-state index in [0.717, 1.165) is 37.0 Å². The Hall–Kier alpha value is -2.39. The average Bonchev–Trinajstić information content (AvgIpc) is 3.28. The van der Waals surface area contributed by atoms with Gasteiger partial charge in [0.15, 0.2) is 6.61 Å². The van der Waals surface area contributed by atoms with Gasteiger partial charge in [0.05, 0.1) is 11.3 Å². The van der Waals surface area contributed by atoms with E-state index in [4.69, 9.17) is 4.74 Å². The average molecular weight is 437 g/mol. The first-order valence-corrected chi connectivity index (χ1v) is 11.9. The number of benzene rings is 1. The van der Waals surface area contributed by atoms with E-state index in [1.54, 1.807) is 28.5 Å². The van der Waals surface area contributed by atoms with Crippen molar-refractivity contribution in [2.75, 3.05) is 17.9 Å². The SMILES string of the molecule is CC[C@@H]1CCCCN1C(=O)COC(=O)c1ccccc1NS(=O)(=O)c1cccs1. The largest absolute Gasteiger partial charge is 0.452 e. The summed E-state index contributed by atoms with van der Waals surface area (Å²) in [6.07, 6.45) is 3.87. The van der Waals surface area contributed by atoms with Crippen molar-refractivity contribution in [2.24, 2.45) is 0 Å². The van der Waals surface area contributed by atoms with Crippen molar-refractivity contribution in [1.82, 2.24) is 4.90 Å². The Morgan fingerprint density at radius 3 is 2.72 bits per heavy atom. The summed E-state index contributed by atoms with van der Waals surface area (Å²) in [4.78, 5) is 26.8. The minimum absolute atomic E-state index is 0.0612. The Balaban J connectivity index is 1.68. The lowest BCUT2D eigenvalue weighted by atomic mass is 10.00. The van der Waals surface area contributed by atoms with Gasteiger partial charge in [0, 0.05) is 12.6 Å². The summed E-state index contributed by atoms with van der Waals surface area (Å²) in [5.41, 5.74) is 0.175. The number of hydrogen-bond donors (Lipinski definition) is 1. The van der Waals surface area contributed by atoms with Crippen LogP contribution in [-0.4, -0.2) is 44.4 Å². The van der Waals surface area contributed by atoms with Crippen molar-refractivity contribution < 1.29 is 22.7 Å². The highest BCUT2D eigenvalue weighted by atomic mass is 32.2. The maximum absolute atomic E-state index is 12.6. The lowest BCUT2D eigenvalue weighted by Crippen LogP contribution is -2.45. The summed E-state index contributed by atoms with van der Waals surface area (Å²) in [5.74, 6) is -0.963. The molecule has 1 atom stereocenters. The monoisotopic (exact) mass is 436 g/mol. The van der Waals surface area contributed by atoms with Crippen LogP contribution in [0.5, 0.6) is 0 Å². The van der Waals surface area contributed by atoms with Crippen LogP contribution in [0.15, 0.2) is 46.0 Å². The lowest BCUT2D eigenvalue weighted by molar-refractivity contribution is -0.138. The quantitative estimate of drug-likeness (QED) is 0.671. The van der Waals surface area contributed by atoms with Crippen LogP contribution in [0, 0.1) is 0 Å². The van der Waals surface area contributed by atoms with Gasteiger partial charge >= 0.3 is 5.97 Å². The number of nitrogens with one attached hydrogen (secondary N) is 1.